The fraction of sp³-hybridized carbons (Fsp3) is 0.348. The van der Waals surface area contributed by atoms with Crippen LogP contribution in [0.1, 0.15) is 32.6 Å². The van der Waals surface area contributed by atoms with E-state index in [1.807, 2.05) is 35.8 Å². The zero-order valence-corrected chi connectivity index (χ0v) is 17.2. The molecule has 5 rings (SSSR count). The van der Waals surface area contributed by atoms with Crippen LogP contribution in [0, 0.1) is 0 Å². The normalized spacial score (nSPS) is 21.8. The Bertz CT molecular complexity index is 1210. The molecule has 0 saturated heterocycles. The maximum absolute atomic E-state index is 10.2. The van der Waals surface area contributed by atoms with Crippen molar-refractivity contribution in [3.63, 3.8) is 0 Å². The highest BCUT2D eigenvalue weighted by molar-refractivity contribution is 5.90. The number of rotatable bonds is 4. The average molecular weight is 403 g/mol. The largest absolute Gasteiger partial charge is 0.479 e. The lowest BCUT2D eigenvalue weighted by Crippen LogP contribution is -2.36. The second kappa shape index (κ2) is 7.25. The first-order valence-electron chi connectivity index (χ1n) is 10.3. The number of benzene rings is 1. The first-order valence-corrected chi connectivity index (χ1v) is 10.3. The molecular weight excluding hydrogens is 378 g/mol. The van der Waals surface area contributed by atoms with Gasteiger partial charge in [0.1, 0.15) is 5.52 Å². The summed E-state index contributed by atoms with van der Waals surface area (Å²) in [5.74, 6) is 1.07. The zero-order chi connectivity index (χ0) is 20.7. The summed E-state index contributed by atoms with van der Waals surface area (Å²) in [6.45, 7) is 1.90. The zero-order valence-electron chi connectivity index (χ0n) is 17.2. The number of nitrogens with zero attached hydrogens (tertiary/aromatic N) is 4. The Balaban J connectivity index is 1.49. The number of nitrogens with one attached hydrogen (secondary N) is 1. The molecule has 0 aliphatic heterocycles. The molecule has 1 aromatic carbocycles. The van der Waals surface area contributed by atoms with Crippen molar-refractivity contribution in [2.45, 2.75) is 44.2 Å². The van der Waals surface area contributed by atoms with E-state index in [1.165, 1.54) is 0 Å². The van der Waals surface area contributed by atoms with Gasteiger partial charge in [0.05, 0.1) is 18.2 Å². The highest BCUT2D eigenvalue weighted by Gasteiger charge is 2.29. The van der Waals surface area contributed by atoms with E-state index in [9.17, 15) is 5.11 Å². The van der Waals surface area contributed by atoms with Crippen LogP contribution < -0.4 is 10.1 Å². The van der Waals surface area contributed by atoms with Gasteiger partial charge in [0.25, 0.3) is 0 Å². The molecule has 4 aromatic rings. The van der Waals surface area contributed by atoms with Gasteiger partial charge in [0, 0.05) is 29.4 Å². The molecule has 7 nitrogen and oxygen atoms in total. The number of hydrogen-bond donors (Lipinski definition) is 2. The van der Waals surface area contributed by atoms with Crippen molar-refractivity contribution in [1.29, 1.82) is 0 Å². The maximum atomic E-state index is 10.2. The third-order valence-corrected chi connectivity index (χ3v) is 5.98. The maximum Gasteiger partial charge on any atom is 0.244 e. The standard InChI is InChI=1S/C23H25N5O2/c1-23(29)10-7-17(8-11-23)25-22-26-21(30-2)20-18(9-13-28(20)27-22)15-5-6-19-16(14-15)4-3-12-24-19/h3-6,9,12-14,17,29H,7-8,10-11H2,1-2H3,(H,25,27)/t17-,23+. The summed E-state index contributed by atoms with van der Waals surface area (Å²) in [4.78, 5) is 9.03. The second-order valence-electron chi connectivity index (χ2n) is 8.29. The summed E-state index contributed by atoms with van der Waals surface area (Å²) >= 11 is 0. The van der Waals surface area contributed by atoms with Gasteiger partial charge in [-0.2, -0.15) is 4.98 Å². The van der Waals surface area contributed by atoms with Crippen LogP contribution in [0.25, 0.3) is 27.5 Å². The molecule has 1 saturated carbocycles. The minimum Gasteiger partial charge on any atom is -0.479 e. The van der Waals surface area contributed by atoms with E-state index in [-0.39, 0.29) is 6.04 Å². The Morgan fingerprint density at radius 3 is 2.83 bits per heavy atom. The molecule has 0 radical (unpaired) electrons. The van der Waals surface area contributed by atoms with E-state index < -0.39 is 5.60 Å². The van der Waals surface area contributed by atoms with E-state index >= 15 is 0 Å². The van der Waals surface area contributed by atoms with Crippen molar-refractivity contribution < 1.29 is 9.84 Å². The van der Waals surface area contributed by atoms with Crippen molar-refractivity contribution in [3.05, 3.63) is 48.8 Å². The molecule has 3 aromatic heterocycles. The van der Waals surface area contributed by atoms with Gasteiger partial charge in [-0.05, 0) is 62.4 Å². The summed E-state index contributed by atoms with van der Waals surface area (Å²) in [6, 6.07) is 12.5. The van der Waals surface area contributed by atoms with Crippen molar-refractivity contribution in [2.24, 2.45) is 0 Å². The fourth-order valence-corrected chi connectivity index (χ4v) is 4.24. The number of anilines is 1. The van der Waals surface area contributed by atoms with E-state index in [0.29, 0.717) is 11.8 Å². The Kier molecular flexibility index (Phi) is 4.55. The van der Waals surface area contributed by atoms with Crippen LogP contribution >= 0.6 is 0 Å². The number of methoxy groups -OCH3 is 1. The number of hydrogen-bond acceptors (Lipinski definition) is 6. The monoisotopic (exact) mass is 403 g/mol. The van der Waals surface area contributed by atoms with Crippen LogP contribution in [0.5, 0.6) is 5.88 Å². The molecule has 30 heavy (non-hydrogen) atoms. The van der Waals surface area contributed by atoms with Gasteiger partial charge in [0.2, 0.25) is 11.8 Å². The number of ether oxygens (including phenoxy) is 1. The summed E-state index contributed by atoms with van der Waals surface area (Å²) < 4.78 is 7.45. The third kappa shape index (κ3) is 3.45. The molecule has 1 aliphatic rings. The quantitative estimate of drug-likeness (QED) is 0.535. The first kappa shape index (κ1) is 18.8. The molecule has 154 valence electrons. The predicted octanol–water partition coefficient (Wildman–Crippen LogP) is 4.06. The first-order chi connectivity index (χ1) is 14.5. The number of fused-ring (bicyclic) bond motifs is 2. The van der Waals surface area contributed by atoms with Crippen LogP contribution in [0.2, 0.25) is 0 Å². The van der Waals surface area contributed by atoms with Gasteiger partial charge in [-0.1, -0.05) is 12.1 Å². The summed E-state index contributed by atoms with van der Waals surface area (Å²) in [7, 11) is 1.63. The van der Waals surface area contributed by atoms with E-state index in [2.05, 4.69) is 38.6 Å². The van der Waals surface area contributed by atoms with Crippen LogP contribution in [0.3, 0.4) is 0 Å². The molecule has 1 fully saturated rings. The molecule has 7 heteroatoms. The van der Waals surface area contributed by atoms with Crippen LogP contribution in [-0.4, -0.2) is 43.4 Å². The minimum atomic E-state index is -0.564. The Morgan fingerprint density at radius 1 is 1.20 bits per heavy atom. The topological polar surface area (TPSA) is 84.6 Å². The molecule has 0 amide bonds. The molecule has 1 aliphatic carbocycles. The van der Waals surface area contributed by atoms with Crippen LogP contribution in [0.4, 0.5) is 5.95 Å². The summed E-state index contributed by atoms with van der Waals surface area (Å²) in [5.41, 5.74) is 3.31. The summed E-state index contributed by atoms with van der Waals surface area (Å²) in [5, 5.41) is 19.3. The number of pyridine rings is 1. The highest BCUT2D eigenvalue weighted by Crippen LogP contribution is 2.34. The molecule has 2 N–H and O–H groups in total. The van der Waals surface area contributed by atoms with E-state index in [0.717, 1.165) is 53.2 Å². The summed E-state index contributed by atoms with van der Waals surface area (Å²) in [6.07, 6.45) is 7.05. The Hall–Kier alpha value is -3.19. The van der Waals surface area contributed by atoms with Crippen molar-refractivity contribution >= 4 is 22.4 Å². The molecular formula is C23H25N5O2. The van der Waals surface area contributed by atoms with Crippen LogP contribution in [-0.2, 0) is 0 Å². The van der Waals surface area contributed by atoms with E-state index in [4.69, 9.17) is 4.74 Å². The van der Waals surface area contributed by atoms with Crippen LogP contribution in [0.15, 0.2) is 48.8 Å². The highest BCUT2D eigenvalue weighted by atomic mass is 16.5. The third-order valence-electron chi connectivity index (χ3n) is 5.98. The minimum absolute atomic E-state index is 0.246. The van der Waals surface area contributed by atoms with Gasteiger partial charge < -0.3 is 15.2 Å². The van der Waals surface area contributed by atoms with Crippen molar-refractivity contribution in [1.82, 2.24) is 19.6 Å². The Labute approximate surface area is 174 Å². The molecule has 0 unspecified atom stereocenters. The van der Waals surface area contributed by atoms with Crippen molar-refractivity contribution in [2.75, 3.05) is 12.4 Å². The average Bonchev–Trinajstić information content (AvgIpc) is 3.18. The molecule has 3 heterocycles. The lowest BCUT2D eigenvalue weighted by Gasteiger charge is -2.33. The predicted molar refractivity (Wildman–Crippen MR) is 117 cm³/mol. The lowest BCUT2D eigenvalue weighted by atomic mass is 9.84. The van der Waals surface area contributed by atoms with E-state index in [1.54, 1.807) is 13.3 Å². The van der Waals surface area contributed by atoms with Gasteiger partial charge in [0.15, 0.2) is 0 Å². The number of aromatic nitrogens is 4. The van der Waals surface area contributed by atoms with Gasteiger partial charge >= 0.3 is 0 Å². The number of aliphatic hydroxyl groups is 1. The van der Waals surface area contributed by atoms with Gasteiger partial charge in [-0.15, -0.1) is 5.10 Å². The lowest BCUT2D eigenvalue weighted by molar-refractivity contribution is 0.0195. The molecule has 0 spiro atoms. The van der Waals surface area contributed by atoms with Gasteiger partial charge in [-0.25, -0.2) is 4.52 Å². The smallest absolute Gasteiger partial charge is 0.244 e. The molecule has 0 bridgehead atoms. The SMILES string of the molecule is COc1nc(N[C@H]2CC[C@@](C)(O)CC2)nn2ccc(-c3ccc4ncccc4c3)c12. The Morgan fingerprint density at radius 2 is 2.03 bits per heavy atom. The fourth-order valence-electron chi connectivity index (χ4n) is 4.24. The second-order valence-corrected chi connectivity index (χ2v) is 8.29. The van der Waals surface area contributed by atoms with Gasteiger partial charge in [-0.3, -0.25) is 4.98 Å². The van der Waals surface area contributed by atoms with Crippen molar-refractivity contribution in [3.8, 4) is 17.0 Å². The molecule has 0 atom stereocenters.